The molecule has 13 heavy (non-hydrogen) atoms. The van der Waals surface area contributed by atoms with Gasteiger partial charge in [0.15, 0.2) is 0 Å². The van der Waals surface area contributed by atoms with E-state index in [1.54, 1.807) is 0 Å². The van der Waals surface area contributed by atoms with E-state index in [-0.39, 0.29) is 18.0 Å². The molecule has 0 spiro atoms. The van der Waals surface area contributed by atoms with Crippen LogP contribution in [0.1, 0.15) is 0 Å². The second-order valence-corrected chi connectivity index (χ2v) is 3.13. The molecule has 0 saturated heterocycles. The molecule has 0 fully saturated rings. The molecule has 0 aromatic heterocycles. The SMILES string of the molecule is [AsH3].[O-][Br+2]([O-])O.[O-][Br+2]([O-])O.[O-][Br+2]([O-])O. The maximum absolute atomic E-state index is 8.63. The van der Waals surface area contributed by atoms with Gasteiger partial charge in [-0.1, -0.05) is 0 Å². The molecule has 0 aliphatic heterocycles. The molecule has 1 unspecified atom stereocenters. The Morgan fingerprint density at radius 2 is 0.538 bits per heavy atom. The summed E-state index contributed by atoms with van der Waals surface area (Å²) < 4.78 is 72.9. The third-order valence-corrected chi connectivity index (χ3v) is 0. The van der Waals surface area contributed by atoms with Crippen LogP contribution in [0.3, 0.4) is 0 Å². The molecule has 86 valence electrons. The van der Waals surface area contributed by atoms with Crippen molar-refractivity contribution in [2.45, 2.75) is 0 Å². The standard InChI is InChI=1S/AsH3.3BrHO3/c;3*2-1(3)4/h1H3;3*2H. The van der Waals surface area contributed by atoms with E-state index in [1.807, 2.05) is 0 Å². The second-order valence-electron chi connectivity index (χ2n) is 0.603. The van der Waals surface area contributed by atoms with Crippen LogP contribution >= 0.6 is 0 Å². The Balaban J connectivity index is -0.0000000450. The molecule has 3 N–H and O–H groups in total. The van der Waals surface area contributed by atoms with Gasteiger partial charge in [-0.25, -0.2) is 0 Å². The fourth-order valence-electron chi connectivity index (χ4n) is 0. The van der Waals surface area contributed by atoms with Gasteiger partial charge in [0.1, 0.15) is 0 Å². The third kappa shape index (κ3) is 688. The van der Waals surface area contributed by atoms with Crippen molar-refractivity contribution in [2.75, 3.05) is 0 Å². The molecular formula is H6AsBr3O9. The molecule has 0 bridgehead atoms. The first kappa shape index (κ1) is 24.1. The number of rotatable bonds is 0. The van der Waals surface area contributed by atoms with Gasteiger partial charge in [-0.3, -0.25) is 0 Å². The molecule has 0 saturated carbocycles. The van der Waals surface area contributed by atoms with Gasteiger partial charge in [-0.15, -0.1) is 0 Å². The van der Waals surface area contributed by atoms with Crippen LogP contribution < -0.4 is 25.2 Å². The van der Waals surface area contributed by atoms with Gasteiger partial charge in [0.05, 0.1) is 0 Å². The van der Waals surface area contributed by atoms with Crippen LogP contribution in [-0.2, 0) is 0 Å². The van der Waals surface area contributed by atoms with Crippen molar-refractivity contribution >= 4 is 18.0 Å². The number of hydrogen-bond donors (Lipinski definition) is 3. The zero-order valence-electron chi connectivity index (χ0n) is 5.63. The zero-order valence-corrected chi connectivity index (χ0v) is 13.4. The Morgan fingerprint density at radius 3 is 0.538 bits per heavy atom. The predicted octanol–water partition coefficient (Wildman–Crippen LogP) is -9.99. The van der Waals surface area contributed by atoms with Crippen molar-refractivity contribution in [3.63, 3.8) is 0 Å². The minimum atomic E-state index is -3.40. The maximum atomic E-state index is 8.63. The molecule has 0 amide bonds. The van der Waals surface area contributed by atoms with Gasteiger partial charge >= 0.3 is 62.4 Å². The van der Waals surface area contributed by atoms with Crippen LogP contribution in [-0.4, -0.2) is 30.5 Å². The largest absolute Gasteiger partial charge is 0.433 e. The molecule has 13 heteroatoms. The Bertz CT molecular complexity index is 43.4. The van der Waals surface area contributed by atoms with E-state index in [1.165, 1.54) is 0 Å². The molecule has 0 aromatic rings. The first-order valence-corrected chi connectivity index (χ1v) is 7.45. The topological polar surface area (TPSA) is 199 Å². The Kier molecular flexibility index (Phi) is 35.6. The van der Waals surface area contributed by atoms with Crippen molar-refractivity contribution < 1.29 is 82.2 Å². The summed E-state index contributed by atoms with van der Waals surface area (Å²) in [5.41, 5.74) is 0. The summed E-state index contributed by atoms with van der Waals surface area (Å²) in [4.78, 5) is 0. The Hall–Kier alpha value is 1.64. The van der Waals surface area contributed by atoms with Crippen molar-refractivity contribution in [1.82, 2.24) is 0 Å². The summed E-state index contributed by atoms with van der Waals surface area (Å²) in [7, 11) is 0. The minimum Gasteiger partial charge on any atom is -0.372 e. The molecule has 0 aromatic carbocycles. The van der Waals surface area contributed by atoms with Gasteiger partial charge < -0.3 is 25.2 Å². The molecule has 0 rings (SSSR count). The van der Waals surface area contributed by atoms with Gasteiger partial charge in [0.2, 0.25) is 0 Å². The van der Waals surface area contributed by atoms with Crippen molar-refractivity contribution in [3.8, 4) is 0 Å². The molecule has 0 heterocycles. The van der Waals surface area contributed by atoms with E-state index in [4.69, 9.17) is 37.8 Å². The fraction of sp³-hybridized carbons (Fsp3) is 0. The summed E-state index contributed by atoms with van der Waals surface area (Å²) >= 11 is -10.2. The minimum absolute atomic E-state index is 0. The summed E-state index contributed by atoms with van der Waals surface area (Å²) in [6.07, 6.45) is 0. The van der Waals surface area contributed by atoms with E-state index < -0.39 is 44.4 Å². The number of hydrogen-bond acceptors (Lipinski definition) is 9. The van der Waals surface area contributed by atoms with Crippen LogP contribution in [0, 0.1) is 44.4 Å². The van der Waals surface area contributed by atoms with Crippen LogP contribution in [0.4, 0.5) is 0 Å². The summed E-state index contributed by atoms with van der Waals surface area (Å²) in [5, 5.41) is 0. The van der Waals surface area contributed by atoms with E-state index in [0.717, 1.165) is 0 Å². The van der Waals surface area contributed by atoms with Crippen molar-refractivity contribution in [2.24, 2.45) is 0 Å². The zero-order chi connectivity index (χ0) is 10.7. The average molecular weight is 465 g/mol. The summed E-state index contributed by atoms with van der Waals surface area (Å²) in [6, 6.07) is 0. The monoisotopic (exact) mass is 462 g/mol. The first-order chi connectivity index (χ1) is 5.20. The Morgan fingerprint density at radius 1 is 0.538 bits per heavy atom. The second kappa shape index (κ2) is 19.2. The number of halogens is 3. The van der Waals surface area contributed by atoms with Gasteiger partial charge in [0.25, 0.3) is 0 Å². The van der Waals surface area contributed by atoms with Crippen LogP contribution in [0.15, 0.2) is 0 Å². The van der Waals surface area contributed by atoms with E-state index in [0.29, 0.717) is 0 Å². The normalized spacial score (nSPS) is 8.31. The maximum Gasteiger partial charge on any atom is 0.433 e. The third-order valence-electron chi connectivity index (χ3n) is 0. The molecule has 0 aliphatic carbocycles. The molecule has 1 atom stereocenters. The quantitative estimate of drug-likeness (QED) is 0.291. The Labute approximate surface area is 99.7 Å². The van der Waals surface area contributed by atoms with Crippen LogP contribution in [0.2, 0.25) is 0 Å². The fourth-order valence-corrected chi connectivity index (χ4v) is 0. The van der Waals surface area contributed by atoms with Gasteiger partial charge in [-0.05, 0) is 12.6 Å². The molecule has 9 nitrogen and oxygen atoms in total. The molecule has 0 radical (unpaired) electrons. The molecular weight excluding hydrogens is 459 g/mol. The first-order valence-electron chi connectivity index (χ1n) is 1.43. The molecule has 0 aliphatic rings. The van der Waals surface area contributed by atoms with Crippen molar-refractivity contribution in [1.29, 1.82) is 0 Å². The predicted molar refractivity (Wildman–Crippen MR) is 16.6 cm³/mol. The smallest absolute Gasteiger partial charge is 0.372 e. The van der Waals surface area contributed by atoms with E-state index in [9.17, 15) is 0 Å². The van der Waals surface area contributed by atoms with E-state index in [2.05, 4.69) is 0 Å². The van der Waals surface area contributed by atoms with E-state index >= 15 is 0 Å². The van der Waals surface area contributed by atoms with Crippen LogP contribution in [0.25, 0.3) is 0 Å². The van der Waals surface area contributed by atoms with Crippen LogP contribution in [0.5, 0.6) is 0 Å². The van der Waals surface area contributed by atoms with Gasteiger partial charge in [0, 0.05) is 0 Å². The summed E-state index contributed by atoms with van der Waals surface area (Å²) in [5.74, 6) is 0. The summed E-state index contributed by atoms with van der Waals surface area (Å²) in [6.45, 7) is 0. The van der Waals surface area contributed by atoms with Crippen molar-refractivity contribution in [3.05, 3.63) is 0 Å². The average Bonchev–Trinajstić information content (AvgIpc) is 1.54. The van der Waals surface area contributed by atoms with Gasteiger partial charge in [-0.2, -0.15) is 0 Å².